The van der Waals surface area contributed by atoms with Gasteiger partial charge in [-0.15, -0.1) is 0 Å². The summed E-state index contributed by atoms with van der Waals surface area (Å²) >= 11 is 0. The van der Waals surface area contributed by atoms with Gasteiger partial charge in [-0.1, -0.05) is 0 Å². The van der Waals surface area contributed by atoms with E-state index in [9.17, 15) is 0 Å². The molecule has 0 aliphatic carbocycles. The van der Waals surface area contributed by atoms with Crippen LogP contribution < -0.4 is 0 Å². The molecule has 5 nitrogen and oxygen atoms in total. The molecule has 0 heterocycles. The lowest BCUT2D eigenvalue weighted by Crippen LogP contribution is -2.42. The van der Waals surface area contributed by atoms with E-state index in [1.165, 1.54) is 0 Å². The van der Waals surface area contributed by atoms with Gasteiger partial charge in [0.15, 0.2) is 0 Å². The van der Waals surface area contributed by atoms with Crippen LogP contribution in [0.15, 0.2) is 0 Å². The Hall–Kier alpha value is -0.170. The smallest absolute Gasteiger partial charge is 0.296 e. The zero-order valence-electron chi connectivity index (χ0n) is 10.3. The molecule has 0 unspecified atom stereocenters. The van der Waals surface area contributed by atoms with Crippen LogP contribution in [-0.4, -0.2) is 40.5 Å². The van der Waals surface area contributed by atoms with Crippen LogP contribution in [0.3, 0.4) is 0 Å². The van der Waals surface area contributed by atoms with Gasteiger partial charge in [-0.3, -0.25) is 14.0 Å². The number of rotatable bonds is 3. The lowest BCUT2D eigenvalue weighted by molar-refractivity contribution is 0.133. The molecular weight excluding hydrogens is 218 g/mol. The Balaban J connectivity index is 0. The average Bonchev–Trinajstić information content (AvgIpc) is 1.77. The van der Waals surface area contributed by atoms with E-state index in [-0.39, 0.29) is 0 Å². The summed E-state index contributed by atoms with van der Waals surface area (Å²) in [5.41, 5.74) is 0. The minimum Gasteiger partial charge on any atom is -0.296 e. The third kappa shape index (κ3) is 13.8. The van der Waals surface area contributed by atoms with E-state index in [2.05, 4.69) is 46.4 Å². The molecule has 0 aromatic heterocycles. The molecule has 0 aromatic carbocycles. The molecule has 0 radical (unpaired) electrons. The van der Waals surface area contributed by atoms with Crippen LogP contribution in [0, 0.1) is 0 Å². The number of hydrogen-bond donors (Lipinski definition) is 2. The lowest BCUT2D eigenvalue weighted by Gasteiger charge is -2.34. The maximum atomic E-state index is 8.74. The van der Waals surface area contributed by atoms with E-state index in [1.54, 1.807) is 0 Å². The van der Waals surface area contributed by atoms with E-state index in [1.807, 2.05) is 0 Å². The Kier molecular flexibility index (Phi) is 8.23. The maximum Gasteiger partial charge on any atom is 0.394 e. The summed E-state index contributed by atoms with van der Waals surface area (Å²) in [7, 11) is -4.67. The summed E-state index contributed by atoms with van der Waals surface area (Å²) < 4.78 is 31.6. The summed E-state index contributed by atoms with van der Waals surface area (Å²) in [4.78, 5) is 2.50. The van der Waals surface area contributed by atoms with Crippen molar-refractivity contribution in [2.24, 2.45) is 0 Å². The van der Waals surface area contributed by atoms with Crippen molar-refractivity contribution in [3.63, 3.8) is 0 Å². The summed E-state index contributed by atoms with van der Waals surface area (Å²) in [5, 5.41) is 0. The van der Waals surface area contributed by atoms with Gasteiger partial charge in [-0.25, -0.2) is 0 Å². The molecule has 2 N–H and O–H groups in total. The minimum absolute atomic E-state index is 0.667. The highest BCUT2D eigenvalue weighted by Crippen LogP contribution is 2.08. The fraction of sp³-hybridized carbons (Fsp3) is 1.00. The van der Waals surface area contributed by atoms with Crippen molar-refractivity contribution in [3.8, 4) is 0 Å². The molecule has 0 rings (SSSR count). The van der Waals surface area contributed by atoms with Gasteiger partial charge in [0.25, 0.3) is 0 Å². The van der Waals surface area contributed by atoms with E-state index >= 15 is 0 Å². The maximum absolute atomic E-state index is 8.74. The second-order valence-electron chi connectivity index (χ2n) is 4.18. The van der Waals surface area contributed by atoms with Gasteiger partial charge in [0.2, 0.25) is 0 Å². The molecule has 6 heteroatoms. The molecule has 0 aliphatic heterocycles. The normalized spacial score (nSPS) is 12.3. The SMILES string of the molecule is CC(C)N(C(C)C)C(C)C.O=S(=O)(O)O. The third-order valence-corrected chi connectivity index (χ3v) is 1.79. The molecule has 94 valence electrons. The average molecular weight is 241 g/mol. The molecule has 0 amide bonds. The predicted molar refractivity (Wildman–Crippen MR) is 61.4 cm³/mol. The number of nitrogens with zero attached hydrogens (tertiary/aromatic N) is 1. The topological polar surface area (TPSA) is 77.8 Å². The van der Waals surface area contributed by atoms with E-state index in [0.29, 0.717) is 18.1 Å². The second-order valence-corrected chi connectivity index (χ2v) is 5.07. The number of hydrogen-bond acceptors (Lipinski definition) is 3. The van der Waals surface area contributed by atoms with E-state index < -0.39 is 10.4 Å². The molecule has 0 saturated carbocycles. The molecule has 0 fully saturated rings. The van der Waals surface area contributed by atoms with Crippen LogP contribution in [0.5, 0.6) is 0 Å². The van der Waals surface area contributed by atoms with Crippen LogP contribution in [0.25, 0.3) is 0 Å². The molecule has 0 atom stereocenters. The standard InChI is InChI=1S/C9H21N.H2O4S/c1-7(2)10(8(3)4)9(5)6;1-5(2,3)4/h7-9H,1-6H3;(H2,1,2,3,4). The summed E-state index contributed by atoms with van der Waals surface area (Å²) in [6.45, 7) is 13.5. The van der Waals surface area contributed by atoms with Gasteiger partial charge in [-0.2, -0.15) is 8.42 Å². The van der Waals surface area contributed by atoms with Gasteiger partial charge in [0.1, 0.15) is 0 Å². The highest BCUT2D eigenvalue weighted by molar-refractivity contribution is 7.79. The Morgan fingerprint density at radius 3 is 0.933 bits per heavy atom. The Labute approximate surface area is 93.1 Å². The van der Waals surface area contributed by atoms with Crippen molar-refractivity contribution in [1.82, 2.24) is 4.90 Å². The van der Waals surface area contributed by atoms with Crippen LogP contribution in [-0.2, 0) is 10.4 Å². The van der Waals surface area contributed by atoms with Crippen molar-refractivity contribution in [2.45, 2.75) is 59.7 Å². The molecule has 0 aliphatic rings. The van der Waals surface area contributed by atoms with Crippen LogP contribution >= 0.6 is 0 Å². The Morgan fingerprint density at radius 1 is 0.800 bits per heavy atom. The van der Waals surface area contributed by atoms with Crippen LogP contribution in [0.2, 0.25) is 0 Å². The third-order valence-electron chi connectivity index (χ3n) is 1.79. The van der Waals surface area contributed by atoms with Gasteiger partial charge < -0.3 is 0 Å². The van der Waals surface area contributed by atoms with E-state index in [0.717, 1.165) is 0 Å². The van der Waals surface area contributed by atoms with Crippen molar-refractivity contribution in [3.05, 3.63) is 0 Å². The van der Waals surface area contributed by atoms with Crippen molar-refractivity contribution >= 4 is 10.4 Å². The van der Waals surface area contributed by atoms with Gasteiger partial charge in [-0.05, 0) is 41.5 Å². The van der Waals surface area contributed by atoms with Crippen molar-refractivity contribution < 1.29 is 17.5 Å². The van der Waals surface area contributed by atoms with Crippen molar-refractivity contribution in [1.29, 1.82) is 0 Å². The predicted octanol–water partition coefficient (Wildman–Crippen LogP) is 1.86. The fourth-order valence-electron chi connectivity index (χ4n) is 1.79. The largest absolute Gasteiger partial charge is 0.394 e. The molecule has 0 spiro atoms. The Bertz CT molecular complexity index is 220. The minimum atomic E-state index is -4.67. The van der Waals surface area contributed by atoms with Gasteiger partial charge in [0.05, 0.1) is 0 Å². The Morgan fingerprint density at radius 2 is 0.933 bits per heavy atom. The first-order valence-corrected chi connectivity index (χ1v) is 6.33. The molecular formula is C9H23NO4S. The second kappa shape index (κ2) is 7.16. The monoisotopic (exact) mass is 241 g/mol. The first kappa shape index (κ1) is 17.2. The van der Waals surface area contributed by atoms with Crippen LogP contribution in [0.4, 0.5) is 0 Å². The molecule has 0 saturated heterocycles. The lowest BCUT2D eigenvalue weighted by atomic mass is 10.2. The first-order chi connectivity index (χ1) is 6.46. The zero-order valence-corrected chi connectivity index (χ0v) is 11.1. The summed E-state index contributed by atoms with van der Waals surface area (Å²) in [6.07, 6.45) is 0. The quantitative estimate of drug-likeness (QED) is 0.737. The summed E-state index contributed by atoms with van der Waals surface area (Å²) in [6, 6.07) is 2.00. The molecule has 15 heavy (non-hydrogen) atoms. The fourth-order valence-corrected chi connectivity index (χ4v) is 1.79. The van der Waals surface area contributed by atoms with Gasteiger partial charge >= 0.3 is 10.4 Å². The van der Waals surface area contributed by atoms with E-state index in [4.69, 9.17) is 17.5 Å². The van der Waals surface area contributed by atoms with Crippen LogP contribution in [0.1, 0.15) is 41.5 Å². The highest BCUT2D eigenvalue weighted by atomic mass is 32.3. The first-order valence-electron chi connectivity index (χ1n) is 4.94. The molecule has 0 aromatic rings. The summed E-state index contributed by atoms with van der Waals surface area (Å²) in [5.74, 6) is 0. The molecule has 0 bridgehead atoms. The van der Waals surface area contributed by atoms with Gasteiger partial charge in [0, 0.05) is 18.1 Å². The zero-order chi connectivity index (χ0) is 12.8. The van der Waals surface area contributed by atoms with Crippen molar-refractivity contribution in [2.75, 3.05) is 0 Å². The highest BCUT2D eigenvalue weighted by Gasteiger charge is 2.15.